The molecule has 21 heavy (non-hydrogen) atoms. The van der Waals surface area contributed by atoms with Crippen molar-refractivity contribution in [3.8, 4) is 0 Å². The second kappa shape index (κ2) is 7.04. The summed E-state index contributed by atoms with van der Waals surface area (Å²) in [5.41, 5.74) is 9.20. The molecule has 2 aromatic rings. The Bertz CT molecular complexity index is 578. The van der Waals surface area contributed by atoms with Crippen molar-refractivity contribution in [2.45, 2.75) is 32.4 Å². The van der Waals surface area contributed by atoms with Crippen LogP contribution in [0.2, 0.25) is 0 Å². The van der Waals surface area contributed by atoms with Crippen LogP contribution >= 0.6 is 0 Å². The third-order valence-corrected chi connectivity index (χ3v) is 3.69. The first-order chi connectivity index (χ1) is 10.1. The van der Waals surface area contributed by atoms with Crippen molar-refractivity contribution in [3.05, 3.63) is 71.3 Å². The molecule has 3 heteroatoms. The van der Waals surface area contributed by atoms with E-state index in [0.29, 0.717) is 0 Å². The van der Waals surface area contributed by atoms with E-state index in [4.69, 9.17) is 5.73 Å². The second-order valence-corrected chi connectivity index (χ2v) is 5.21. The van der Waals surface area contributed by atoms with E-state index >= 15 is 0 Å². The minimum absolute atomic E-state index is 0.0573. The van der Waals surface area contributed by atoms with E-state index in [-0.39, 0.29) is 11.9 Å². The normalized spacial score (nSPS) is 13.5. The molecule has 1 unspecified atom stereocenters. The molecule has 0 aliphatic rings. The molecule has 1 amide bonds. The molecule has 3 nitrogen and oxygen atoms in total. The number of hydrogen-bond donors (Lipinski definition) is 2. The first kappa shape index (κ1) is 15.3. The fraction of sp³-hybridized carbons (Fsp3) is 0.278. The highest BCUT2D eigenvalue weighted by atomic mass is 16.2. The van der Waals surface area contributed by atoms with Gasteiger partial charge in [0.25, 0.3) is 0 Å². The zero-order valence-corrected chi connectivity index (χ0v) is 12.5. The summed E-state index contributed by atoms with van der Waals surface area (Å²) in [4.78, 5) is 12.2. The summed E-state index contributed by atoms with van der Waals surface area (Å²) in [5.74, 6) is -0.159. The third-order valence-electron chi connectivity index (χ3n) is 3.69. The Hall–Kier alpha value is -2.13. The van der Waals surface area contributed by atoms with Gasteiger partial charge in [-0.15, -0.1) is 0 Å². The Labute approximate surface area is 126 Å². The molecule has 0 aliphatic carbocycles. The lowest BCUT2D eigenvalue weighted by atomic mass is 10.0. The number of nitrogens with two attached hydrogens (primary N) is 1. The lowest BCUT2D eigenvalue weighted by molar-refractivity contribution is -0.123. The Kier molecular flexibility index (Phi) is 5.12. The van der Waals surface area contributed by atoms with Gasteiger partial charge < -0.3 is 11.1 Å². The molecule has 2 rings (SSSR count). The standard InChI is InChI=1S/C18H22N2O/c1-3-14-9-11-15(12-10-14)13(2)20-18(21)17(19)16-7-5-4-6-8-16/h4-13,17H,3,19H2,1-2H3,(H,20,21)/t13?,17-/m1/s1. The zero-order chi connectivity index (χ0) is 15.2. The maximum Gasteiger partial charge on any atom is 0.241 e. The first-order valence-electron chi connectivity index (χ1n) is 7.31. The van der Waals surface area contributed by atoms with Crippen LogP contribution in [0, 0.1) is 0 Å². The Morgan fingerprint density at radius 3 is 2.24 bits per heavy atom. The van der Waals surface area contributed by atoms with E-state index < -0.39 is 6.04 Å². The minimum atomic E-state index is -0.636. The van der Waals surface area contributed by atoms with Crippen molar-refractivity contribution in [2.75, 3.05) is 0 Å². The summed E-state index contributed by atoms with van der Waals surface area (Å²) < 4.78 is 0. The number of benzene rings is 2. The summed E-state index contributed by atoms with van der Waals surface area (Å²) >= 11 is 0. The molecule has 0 spiro atoms. The largest absolute Gasteiger partial charge is 0.348 e. The third kappa shape index (κ3) is 3.92. The van der Waals surface area contributed by atoms with Crippen LogP contribution in [-0.2, 0) is 11.2 Å². The summed E-state index contributed by atoms with van der Waals surface area (Å²) in [6.07, 6.45) is 1.01. The van der Waals surface area contributed by atoms with E-state index in [9.17, 15) is 4.79 Å². The monoisotopic (exact) mass is 282 g/mol. The minimum Gasteiger partial charge on any atom is -0.348 e. The molecule has 0 aliphatic heterocycles. The van der Waals surface area contributed by atoms with Crippen LogP contribution in [-0.4, -0.2) is 5.91 Å². The Morgan fingerprint density at radius 1 is 1.05 bits per heavy atom. The molecule has 0 fully saturated rings. The van der Waals surface area contributed by atoms with Crippen LogP contribution in [0.25, 0.3) is 0 Å². The number of carbonyl (C=O) groups excluding carboxylic acids is 1. The maximum atomic E-state index is 12.2. The van der Waals surface area contributed by atoms with Crippen LogP contribution in [0.15, 0.2) is 54.6 Å². The average Bonchev–Trinajstić information content (AvgIpc) is 2.55. The Balaban J connectivity index is 2.01. The van der Waals surface area contributed by atoms with Gasteiger partial charge in [-0.1, -0.05) is 61.5 Å². The number of carbonyl (C=O) groups is 1. The fourth-order valence-electron chi connectivity index (χ4n) is 2.24. The predicted molar refractivity (Wildman–Crippen MR) is 85.7 cm³/mol. The molecular weight excluding hydrogens is 260 g/mol. The topological polar surface area (TPSA) is 55.1 Å². The number of aryl methyl sites for hydroxylation is 1. The molecule has 0 aromatic heterocycles. The number of nitrogens with one attached hydrogen (secondary N) is 1. The summed E-state index contributed by atoms with van der Waals surface area (Å²) in [6.45, 7) is 4.09. The molecule has 0 saturated heterocycles. The zero-order valence-electron chi connectivity index (χ0n) is 12.5. The van der Waals surface area contributed by atoms with Gasteiger partial charge in [-0.05, 0) is 30.0 Å². The summed E-state index contributed by atoms with van der Waals surface area (Å²) in [5, 5.41) is 2.97. The van der Waals surface area contributed by atoms with Crippen LogP contribution in [0.5, 0.6) is 0 Å². The van der Waals surface area contributed by atoms with Crippen molar-refractivity contribution in [1.82, 2.24) is 5.32 Å². The van der Waals surface area contributed by atoms with Crippen molar-refractivity contribution in [3.63, 3.8) is 0 Å². The quantitative estimate of drug-likeness (QED) is 0.885. The highest BCUT2D eigenvalue weighted by molar-refractivity contribution is 5.83. The van der Waals surface area contributed by atoms with Crippen molar-refractivity contribution >= 4 is 5.91 Å². The van der Waals surface area contributed by atoms with E-state index in [1.54, 1.807) is 0 Å². The van der Waals surface area contributed by atoms with Gasteiger partial charge in [0, 0.05) is 0 Å². The highest BCUT2D eigenvalue weighted by Gasteiger charge is 2.17. The lowest BCUT2D eigenvalue weighted by Gasteiger charge is -2.18. The van der Waals surface area contributed by atoms with Gasteiger partial charge >= 0.3 is 0 Å². The van der Waals surface area contributed by atoms with Gasteiger partial charge in [0.2, 0.25) is 5.91 Å². The molecule has 0 radical (unpaired) electrons. The molecule has 0 heterocycles. The molecule has 110 valence electrons. The molecule has 2 aromatic carbocycles. The smallest absolute Gasteiger partial charge is 0.241 e. The molecule has 0 saturated carbocycles. The highest BCUT2D eigenvalue weighted by Crippen LogP contribution is 2.16. The van der Waals surface area contributed by atoms with E-state index in [1.165, 1.54) is 5.56 Å². The molecule has 2 atom stereocenters. The van der Waals surface area contributed by atoms with Crippen LogP contribution < -0.4 is 11.1 Å². The van der Waals surface area contributed by atoms with Crippen LogP contribution in [0.4, 0.5) is 0 Å². The van der Waals surface area contributed by atoms with Gasteiger partial charge in [0.15, 0.2) is 0 Å². The van der Waals surface area contributed by atoms with Crippen LogP contribution in [0.1, 0.15) is 42.6 Å². The maximum absolute atomic E-state index is 12.2. The summed E-state index contributed by atoms with van der Waals surface area (Å²) in [6, 6.07) is 17.0. The summed E-state index contributed by atoms with van der Waals surface area (Å²) in [7, 11) is 0. The number of amides is 1. The fourth-order valence-corrected chi connectivity index (χ4v) is 2.24. The first-order valence-corrected chi connectivity index (χ1v) is 7.31. The SMILES string of the molecule is CCc1ccc(C(C)NC(=O)[C@H](N)c2ccccc2)cc1. The van der Waals surface area contributed by atoms with Crippen molar-refractivity contribution < 1.29 is 4.79 Å². The van der Waals surface area contributed by atoms with Gasteiger partial charge in [-0.2, -0.15) is 0 Å². The number of rotatable bonds is 5. The van der Waals surface area contributed by atoms with Crippen LogP contribution in [0.3, 0.4) is 0 Å². The van der Waals surface area contributed by atoms with Gasteiger partial charge in [0.1, 0.15) is 6.04 Å². The number of hydrogen-bond acceptors (Lipinski definition) is 2. The molecular formula is C18H22N2O. The molecule has 3 N–H and O–H groups in total. The lowest BCUT2D eigenvalue weighted by Crippen LogP contribution is -2.35. The van der Waals surface area contributed by atoms with E-state index in [0.717, 1.165) is 17.5 Å². The molecule has 0 bridgehead atoms. The van der Waals surface area contributed by atoms with E-state index in [2.05, 4.69) is 36.5 Å². The van der Waals surface area contributed by atoms with Gasteiger partial charge in [0.05, 0.1) is 6.04 Å². The van der Waals surface area contributed by atoms with Gasteiger partial charge in [-0.3, -0.25) is 4.79 Å². The van der Waals surface area contributed by atoms with Gasteiger partial charge in [-0.25, -0.2) is 0 Å². The predicted octanol–water partition coefficient (Wildman–Crippen LogP) is 3.13. The Morgan fingerprint density at radius 2 is 1.67 bits per heavy atom. The average molecular weight is 282 g/mol. The van der Waals surface area contributed by atoms with Crippen molar-refractivity contribution in [1.29, 1.82) is 0 Å². The van der Waals surface area contributed by atoms with E-state index in [1.807, 2.05) is 37.3 Å². The van der Waals surface area contributed by atoms with Crippen molar-refractivity contribution in [2.24, 2.45) is 5.73 Å². The second-order valence-electron chi connectivity index (χ2n) is 5.21.